The van der Waals surface area contributed by atoms with Crippen molar-refractivity contribution < 1.29 is 9.53 Å². The van der Waals surface area contributed by atoms with Gasteiger partial charge in [-0.3, -0.25) is 0 Å². The summed E-state index contributed by atoms with van der Waals surface area (Å²) in [6.07, 6.45) is 3.15. The highest BCUT2D eigenvalue weighted by Crippen LogP contribution is 2.36. The van der Waals surface area contributed by atoms with Gasteiger partial charge in [-0.25, -0.2) is 4.79 Å². The first-order valence-electron chi connectivity index (χ1n) is 6.58. The molecule has 1 unspecified atom stereocenters. The standard InChI is InChI=1S/C13H24N2O2/c1-13(2,3)17-12(16)15-7-9-4-5-11(14)6-10(9)8-15/h9-11H,4-8,14H2,1-3H3/t9-,10-,11?/m1/s1. The Morgan fingerprint density at radius 1 is 1.24 bits per heavy atom. The van der Waals surface area contributed by atoms with Crippen LogP contribution in [0.2, 0.25) is 0 Å². The lowest BCUT2D eigenvalue weighted by Gasteiger charge is -2.27. The molecule has 1 saturated carbocycles. The number of amides is 1. The predicted molar refractivity (Wildman–Crippen MR) is 66.6 cm³/mol. The molecule has 0 bridgehead atoms. The number of ether oxygens (including phenoxy) is 1. The molecule has 1 amide bonds. The van der Waals surface area contributed by atoms with Crippen LogP contribution < -0.4 is 5.73 Å². The molecule has 4 heteroatoms. The molecule has 1 aliphatic heterocycles. The number of hydrogen-bond acceptors (Lipinski definition) is 3. The zero-order valence-corrected chi connectivity index (χ0v) is 11.1. The molecule has 0 spiro atoms. The molecule has 0 aromatic carbocycles. The zero-order chi connectivity index (χ0) is 12.6. The fraction of sp³-hybridized carbons (Fsp3) is 0.923. The van der Waals surface area contributed by atoms with Crippen molar-refractivity contribution in [3.05, 3.63) is 0 Å². The summed E-state index contributed by atoms with van der Waals surface area (Å²) in [5.74, 6) is 1.23. The Bertz CT molecular complexity index is 298. The Labute approximate surface area is 103 Å². The van der Waals surface area contributed by atoms with Crippen LogP contribution in [0.5, 0.6) is 0 Å². The molecule has 0 aromatic heterocycles. The lowest BCUT2D eigenvalue weighted by molar-refractivity contribution is 0.0284. The highest BCUT2D eigenvalue weighted by atomic mass is 16.6. The molecule has 2 fully saturated rings. The third-order valence-electron chi connectivity index (χ3n) is 3.74. The summed E-state index contributed by atoms with van der Waals surface area (Å²) in [6, 6.07) is 0.329. The zero-order valence-electron chi connectivity index (χ0n) is 11.1. The van der Waals surface area contributed by atoms with Crippen molar-refractivity contribution in [3.63, 3.8) is 0 Å². The molecule has 0 radical (unpaired) electrons. The Morgan fingerprint density at radius 2 is 1.88 bits per heavy atom. The lowest BCUT2D eigenvalue weighted by Crippen LogP contribution is -2.35. The van der Waals surface area contributed by atoms with Crippen molar-refractivity contribution in [1.82, 2.24) is 4.90 Å². The minimum absolute atomic E-state index is 0.166. The fourth-order valence-corrected chi connectivity index (χ4v) is 2.94. The fourth-order valence-electron chi connectivity index (χ4n) is 2.94. The van der Waals surface area contributed by atoms with E-state index in [2.05, 4.69) is 0 Å². The largest absolute Gasteiger partial charge is 0.444 e. The Hall–Kier alpha value is -0.770. The van der Waals surface area contributed by atoms with Crippen molar-refractivity contribution in [2.45, 2.75) is 51.7 Å². The number of fused-ring (bicyclic) bond motifs is 1. The average Bonchev–Trinajstić information content (AvgIpc) is 2.57. The number of likely N-dealkylation sites (tertiary alicyclic amines) is 1. The average molecular weight is 240 g/mol. The number of nitrogens with zero attached hydrogens (tertiary/aromatic N) is 1. The predicted octanol–water partition coefficient (Wildman–Crippen LogP) is 1.98. The molecule has 17 heavy (non-hydrogen) atoms. The molecule has 0 aromatic rings. The van der Waals surface area contributed by atoms with Gasteiger partial charge in [0.25, 0.3) is 0 Å². The Balaban J connectivity index is 1.91. The third-order valence-corrected chi connectivity index (χ3v) is 3.74. The van der Waals surface area contributed by atoms with E-state index in [1.54, 1.807) is 0 Å². The van der Waals surface area contributed by atoms with E-state index in [0.29, 0.717) is 17.9 Å². The van der Waals surface area contributed by atoms with Gasteiger partial charge in [-0.05, 0) is 51.9 Å². The summed E-state index contributed by atoms with van der Waals surface area (Å²) in [6.45, 7) is 7.40. The molecule has 2 aliphatic rings. The van der Waals surface area contributed by atoms with Gasteiger partial charge >= 0.3 is 6.09 Å². The van der Waals surface area contributed by atoms with Gasteiger partial charge in [-0.2, -0.15) is 0 Å². The topological polar surface area (TPSA) is 55.6 Å². The first-order chi connectivity index (χ1) is 7.85. The SMILES string of the molecule is CC(C)(C)OC(=O)N1C[C@H]2CCC(N)C[C@@H]2C1. The van der Waals surface area contributed by atoms with E-state index < -0.39 is 5.60 Å². The van der Waals surface area contributed by atoms with E-state index in [-0.39, 0.29) is 6.09 Å². The van der Waals surface area contributed by atoms with Crippen LogP contribution >= 0.6 is 0 Å². The highest BCUT2D eigenvalue weighted by molar-refractivity contribution is 5.68. The van der Waals surface area contributed by atoms with Crippen LogP contribution in [0.1, 0.15) is 40.0 Å². The van der Waals surface area contributed by atoms with Gasteiger partial charge in [0.05, 0.1) is 0 Å². The second-order valence-corrected chi connectivity index (χ2v) is 6.48. The van der Waals surface area contributed by atoms with Gasteiger partial charge in [-0.1, -0.05) is 0 Å². The van der Waals surface area contributed by atoms with Crippen molar-refractivity contribution in [3.8, 4) is 0 Å². The van der Waals surface area contributed by atoms with E-state index in [1.807, 2.05) is 25.7 Å². The second-order valence-electron chi connectivity index (χ2n) is 6.48. The van der Waals surface area contributed by atoms with Crippen LogP contribution in [0.25, 0.3) is 0 Å². The monoisotopic (exact) mass is 240 g/mol. The number of rotatable bonds is 0. The number of carbonyl (C=O) groups is 1. The van der Waals surface area contributed by atoms with E-state index in [0.717, 1.165) is 32.4 Å². The molecule has 1 saturated heterocycles. The first-order valence-corrected chi connectivity index (χ1v) is 6.58. The van der Waals surface area contributed by atoms with Crippen LogP contribution in [-0.2, 0) is 4.74 Å². The van der Waals surface area contributed by atoms with Crippen molar-refractivity contribution in [2.24, 2.45) is 17.6 Å². The van der Waals surface area contributed by atoms with Gasteiger partial charge in [-0.15, -0.1) is 0 Å². The molecule has 98 valence electrons. The number of carbonyl (C=O) groups excluding carboxylic acids is 1. The molecule has 1 aliphatic carbocycles. The molecular formula is C13H24N2O2. The quantitative estimate of drug-likeness (QED) is 0.704. The highest BCUT2D eigenvalue weighted by Gasteiger charge is 2.39. The van der Waals surface area contributed by atoms with Crippen molar-refractivity contribution in [1.29, 1.82) is 0 Å². The summed E-state index contributed by atoms with van der Waals surface area (Å²) < 4.78 is 5.41. The minimum atomic E-state index is -0.402. The molecule has 1 heterocycles. The molecule has 4 nitrogen and oxygen atoms in total. The van der Waals surface area contributed by atoms with E-state index in [9.17, 15) is 4.79 Å². The summed E-state index contributed by atoms with van der Waals surface area (Å²) in [7, 11) is 0. The van der Waals surface area contributed by atoms with Gasteiger partial charge < -0.3 is 15.4 Å². The van der Waals surface area contributed by atoms with E-state index in [1.165, 1.54) is 0 Å². The van der Waals surface area contributed by atoms with Crippen molar-refractivity contribution in [2.75, 3.05) is 13.1 Å². The maximum atomic E-state index is 12.0. The van der Waals surface area contributed by atoms with Gasteiger partial charge in [0, 0.05) is 19.1 Å². The molecular weight excluding hydrogens is 216 g/mol. The molecule has 2 rings (SSSR count). The number of nitrogens with two attached hydrogens (primary N) is 1. The first kappa shape index (κ1) is 12.7. The Morgan fingerprint density at radius 3 is 2.53 bits per heavy atom. The van der Waals surface area contributed by atoms with Crippen molar-refractivity contribution >= 4 is 6.09 Å². The smallest absolute Gasteiger partial charge is 0.410 e. The normalized spacial score (nSPS) is 33.4. The van der Waals surface area contributed by atoms with E-state index in [4.69, 9.17) is 10.5 Å². The maximum absolute atomic E-state index is 12.0. The minimum Gasteiger partial charge on any atom is -0.444 e. The van der Waals surface area contributed by atoms with Crippen LogP contribution in [0, 0.1) is 11.8 Å². The van der Waals surface area contributed by atoms with Crippen LogP contribution in [-0.4, -0.2) is 35.7 Å². The van der Waals surface area contributed by atoms with Gasteiger partial charge in [0.2, 0.25) is 0 Å². The van der Waals surface area contributed by atoms with E-state index >= 15 is 0 Å². The van der Waals surface area contributed by atoms with Gasteiger partial charge in [0.1, 0.15) is 5.60 Å². The lowest BCUT2D eigenvalue weighted by atomic mass is 9.79. The van der Waals surface area contributed by atoms with Crippen LogP contribution in [0.15, 0.2) is 0 Å². The summed E-state index contributed by atoms with van der Waals surface area (Å²) in [5, 5.41) is 0. The van der Waals surface area contributed by atoms with Gasteiger partial charge in [0.15, 0.2) is 0 Å². The summed E-state index contributed by atoms with van der Waals surface area (Å²) in [5.41, 5.74) is 5.58. The molecule has 2 N–H and O–H groups in total. The molecule has 3 atom stereocenters. The summed E-state index contributed by atoms with van der Waals surface area (Å²) in [4.78, 5) is 13.8. The maximum Gasteiger partial charge on any atom is 0.410 e. The summed E-state index contributed by atoms with van der Waals surface area (Å²) >= 11 is 0. The third kappa shape index (κ3) is 3.12. The Kier molecular flexibility index (Phi) is 3.34. The van der Waals surface area contributed by atoms with Crippen LogP contribution in [0.4, 0.5) is 4.79 Å². The van der Waals surface area contributed by atoms with Crippen LogP contribution in [0.3, 0.4) is 0 Å². The number of hydrogen-bond donors (Lipinski definition) is 1. The second kappa shape index (κ2) is 4.48.